The van der Waals surface area contributed by atoms with Gasteiger partial charge in [0.25, 0.3) is 0 Å². The van der Waals surface area contributed by atoms with Gasteiger partial charge in [0.1, 0.15) is 11.9 Å². The number of rotatable bonds is 4. The molecule has 1 aliphatic rings. The second-order valence-electron chi connectivity index (χ2n) is 6.14. The lowest BCUT2D eigenvalue weighted by Crippen LogP contribution is -2.52. The summed E-state index contributed by atoms with van der Waals surface area (Å²) in [5.41, 5.74) is 9.16. The molecule has 0 saturated heterocycles. The van der Waals surface area contributed by atoms with Gasteiger partial charge in [0.05, 0.1) is 15.6 Å². The predicted octanol–water partition coefficient (Wildman–Crippen LogP) is 5.48. The number of fused-ring (bicyclic) bond motifs is 1. The minimum absolute atomic E-state index is 0.0186. The van der Waals surface area contributed by atoms with E-state index in [9.17, 15) is 0 Å². The van der Waals surface area contributed by atoms with Crippen molar-refractivity contribution in [3.05, 3.63) is 52.0 Å². The predicted molar refractivity (Wildman–Crippen MR) is 97.5 cm³/mol. The molecule has 122 valence electrons. The molecule has 0 amide bonds. The molecule has 2 aromatic rings. The Labute approximate surface area is 147 Å². The average Bonchev–Trinajstić information content (AvgIpc) is 2.99. The van der Waals surface area contributed by atoms with Gasteiger partial charge in [-0.25, -0.2) is 0 Å². The van der Waals surface area contributed by atoms with E-state index in [-0.39, 0.29) is 11.6 Å². The maximum Gasteiger partial charge on any atom is 0.131 e. The molecule has 2 N–H and O–H groups in total. The molecule has 0 spiro atoms. The van der Waals surface area contributed by atoms with Crippen LogP contribution in [0.5, 0.6) is 5.75 Å². The second kappa shape index (κ2) is 6.35. The van der Waals surface area contributed by atoms with Crippen molar-refractivity contribution in [3.63, 3.8) is 0 Å². The summed E-state index contributed by atoms with van der Waals surface area (Å²) in [6.07, 6.45) is 2.56. The monoisotopic (exact) mass is 349 g/mol. The Kier molecular flexibility index (Phi) is 4.59. The molecule has 0 aromatic heterocycles. The molecule has 0 bridgehead atoms. The highest BCUT2D eigenvalue weighted by Crippen LogP contribution is 2.45. The molecule has 3 rings (SSSR count). The molecular weight excluding hydrogens is 329 g/mol. The van der Waals surface area contributed by atoms with Crippen LogP contribution in [-0.2, 0) is 6.42 Å². The third-order valence-electron chi connectivity index (χ3n) is 4.95. The Hall–Kier alpha value is -1.22. The Balaban J connectivity index is 2.06. The minimum atomic E-state index is -0.319. The first-order valence-corrected chi connectivity index (χ1v) is 8.77. The van der Waals surface area contributed by atoms with Crippen LogP contribution in [0, 0.1) is 0 Å². The van der Waals surface area contributed by atoms with Gasteiger partial charge in [0, 0.05) is 17.5 Å². The van der Waals surface area contributed by atoms with Crippen molar-refractivity contribution in [2.24, 2.45) is 5.73 Å². The van der Waals surface area contributed by atoms with Crippen LogP contribution in [0.15, 0.2) is 36.4 Å². The number of halogens is 2. The van der Waals surface area contributed by atoms with Crippen molar-refractivity contribution in [2.75, 3.05) is 0 Å². The largest absolute Gasteiger partial charge is 0.487 e. The number of benzene rings is 2. The van der Waals surface area contributed by atoms with E-state index in [1.54, 1.807) is 0 Å². The van der Waals surface area contributed by atoms with Gasteiger partial charge in [0.15, 0.2) is 0 Å². The molecule has 2 aromatic carbocycles. The van der Waals surface area contributed by atoms with Crippen LogP contribution >= 0.6 is 23.2 Å². The third kappa shape index (κ3) is 2.84. The highest BCUT2D eigenvalue weighted by molar-refractivity contribution is 6.39. The zero-order valence-electron chi connectivity index (χ0n) is 13.4. The summed E-state index contributed by atoms with van der Waals surface area (Å²) >= 11 is 12.8. The highest BCUT2D eigenvalue weighted by atomic mass is 35.5. The smallest absolute Gasteiger partial charge is 0.131 e. The molecule has 0 radical (unpaired) electrons. The van der Waals surface area contributed by atoms with Gasteiger partial charge in [-0.2, -0.15) is 0 Å². The lowest BCUT2D eigenvalue weighted by Gasteiger charge is -2.32. The Morgan fingerprint density at radius 1 is 1.09 bits per heavy atom. The van der Waals surface area contributed by atoms with Crippen molar-refractivity contribution in [1.29, 1.82) is 0 Å². The zero-order valence-corrected chi connectivity index (χ0v) is 14.9. The fraction of sp³-hybridized carbons (Fsp3) is 0.368. The fourth-order valence-corrected chi connectivity index (χ4v) is 3.85. The van der Waals surface area contributed by atoms with Crippen LogP contribution in [0.4, 0.5) is 0 Å². The summed E-state index contributed by atoms with van der Waals surface area (Å²) in [5.74, 6) is 0.865. The molecule has 0 fully saturated rings. The van der Waals surface area contributed by atoms with E-state index >= 15 is 0 Å². The Morgan fingerprint density at radius 3 is 2.30 bits per heavy atom. The van der Waals surface area contributed by atoms with E-state index < -0.39 is 0 Å². The lowest BCUT2D eigenvalue weighted by molar-refractivity contribution is 0.123. The normalized spacial score (nSPS) is 17.0. The quantitative estimate of drug-likeness (QED) is 0.792. The molecule has 1 atom stereocenters. The number of nitrogens with two attached hydrogens (primary N) is 1. The maximum atomic E-state index is 6.55. The lowest BCUT2D eigenvalue weighted by atomic mass is 9.85. The van der Waals surface area contributed by atoms with Gasteiger partial charge in [-0.15, -0.1) is 0 Å². The number of hydrogen-bond acceptors (Lipinski definition) is 2. The summed E-state index contributed by atoms with van der Waals surface area (Å²) in [7, 11) is 0. The van der Waals surface area contributed by atoms with E-state index in [4.69, 9.17) is 33.7 Å². The molecule has 4 heteroatoms. The molecule has 23 heavy (non-hydrogen) atoms. The first-order chi connectivity index (χ1) is 11.0. The standard InChI is InChI=1S/C19H21Cl2NO/c1-3-19(22,4-2)16-11-12-7-5-8-13(18(12)23-16)17-14(20)9-6-10-15(17)21/h5-10,16H,3-4,11,22H2,1-2H3. The maximum absolute atomic E-state index is 6.55. The van der Waals surface area contributed by atoms with Crippen LogP contribution in [0.2, 0.25) is 10.0 Å². The SMILES string of the molecule is CCC(N)(CC)C1Cc2cccc(-c3c(Cl)cccc3Cl)c2O1. The van der Waals surface area contributed by atoms with Gasteiger partial charge >= 0.3 is 0 Å². The van der Waals surface area contributed by atoms with Gasteiger partial charge in [-0.1, -0.05) is 61.3 Å². The van der Waals surface area contributed by atoms with Crippen molar-refractivity contribution in [3.8, 4) is 16.9 Å². The Bertz CT molecular complexity index is 705. The van der Waals surface area contributed by atoms with Crippen molar-refractivity contribution in [1.82, 2.24) is 0 Å². The summed E-state index contributed by atoms with van der Waals surface area (Å²) in [6.45, 7) is 4.23. The van der Waals surface area contributed by atoms with Gasteiger partial charge < -0.3 is 10.5 Å². The zero-order chi connectivity index (χ0) is 16.6. The van der Waals surface area contributed by atoms with Gasteiger partial charge in [-0.05, 0) is 30.5 Å². The van der Waals surface area contributed by atoms with Crippen molar-refractivity contribution >= 4 is 23.2 Å². The summed E-state index contributed by atoms with van der Waals surface area (Å²) < 4.78 is 6.31. The van der Waals surface area contributed by atoms with Crippen LogP contribution in [0.25, 0.3) is 11.1 Å². The van der Waals surface area contributed by atoms with E-state index in [1.165, 1.54) is 5.56 Å². The van der Waals surface area contributed by atoms with Crippen molar-refractivity contribution < 1.29 is 4.74 Å². The third-order valence-corrected chi connectivity index (χ3v) is 5.58. The van der Waals surface area contributed by atoms with E-state index in [2.05, 4.69) is 19.9 Å². The molecule has 1 aliphatic heterocycles. The van der Waals surface area contributed by atoms with Crippen LogP contribution < -0.4 is 10.5 Å². The topological polar surface area (TPSA) is 35.2 Å². The first kappa shape index (κ1) is 16.6. The molecule has 0 saturated carbocycles. The van der Waals surface area contributed by atoms with E-state index in [0.717, 1.165) is 36.1 Å². The summed E-state index contributed by atoms with van der Waals surface area (Å²) in [5, 5.41) is 1.26. The number of ether oxygens (including phenoxy) is 1. The summed E-state index contributed by atoms with van der Waals surface area (Å²) in [4.78, 5) is 0. The summed E-state index contributed by atoms with van der Waals surface area (Å²) in [6, 6.07) is 11.7. The molecule has 1 unspecified atom stereocenters. The molecule has 2 nitrogen and oxygen atoms in total. The Morgan fingerprint density at radius 2 is 1.70 bits per heavy atom. The minimum Gasteiger partial charge on any atom is -0.487 e. The number of hydrogen-bond donors (Lipinski definition) is 1. The molecule has 0 aliphatic carbocycles. The second-order valence-corrected chi connectivity index (χ2v) is 6.96. The number of para-hydroxylation sites is 1. The van der Waals surface area contributed by atoms with Crippen LogP contribution in [0.1, 0.15) is 32.3 Å². The van der Waals surface area contributed by atoms with Crippen molar-refractivity contribution in [2.45, 2.75) is 44.8 Å². The van der Waals surface area contributed by atoms with Crippen LogP contribution in [0.3, 0.4) is 0 Å². The highest BCUT2D eigenvalue weighted by Gasteiger charge is 2.39. The van der Waals surface area contributed by atoms with Gasteiger partial charge in [-0.3, -0.25) is 0 Å². The molecular formula is C19H21Cl2NO. The van der Waals surface area contributed by atoms with Crippen LogP contribution in [-0.4, -0.2) is 11.6 Å². The van der Waals surface area contributed by atoms with Gasteiger partial charge in [0.2, 0.25) is 0 Å². The van der Waals surface area contributed by atoms with E-state index in [1.807, 2.05) is 30.3 Å². The van der Waals surface area contributed by atoms with E-state index in [0.29, 0.717) is 10.0 Å². The fourth-order valence-electron chi connectivity index (χ4n) is 3.25. The average molecular weight is 350 g/mol. The first-order valence-electron chi connectivity index (χ1n) is 8.02. The molecule has 1 heterocycles.